The third-order valence-electron chi connectivity index (χ3n) is 1.79. The fourth-order valence-corrected chi connectivity index (χ4v) is 2.10. The molecule has 0 fully saturated rings. The molecule has 4 heteroatoms. The predicted molar refractivity (Wildman–Crippen MR) is 56.8 cm³/mol. The van der Waals surface area contributed by atoms with E-state index in [1.165, 1.54) is 0 Å². The first-order valence-electron chi connectivity index (χ1n) is 3.78. The second-order valence-corrected chi connectivity index (χ2v) is 4.05. The molecule has 0 aliphatic carbocycles. The molecule has 2 N–H and O–H groups in total. The van der Waals surface area contributed by atoms with E-state index in [9.17, 15) is 0 Å². The van der Waals surface area contributed by atoms with Crippen molar-refractivity contribution in [1.82, 2.24) is 0 Å². The quantitative estimate of drug-likeness (QED) is 0.854. The van der Waals surface area contributed by atoms with Crippen LogP contribution in [0.1, 0.15) is 5.76 Å². The molecule has 1 aromatic heterocycles. The second-order valence-electron chi connectivity index (χ2n) is 2.72. The lowest BCUT2D eigenvalue weighted by Gasteiger charge is -1.93. The first-order valence-corrected chi connectivity index (χ1v) is 4.95. The maximum atomic E-state index is 5.97. The lowest BCUT2D eigenvalue weighted by atomic mass is 10.2. The Hall–Kier alpha value is -0.510. The van der Waals surface area contributed by atoms with E-state index >= 15 is 0 Å². The summed E-state index contributed by atoms with van der Waals surface area (Å²) >= 11 is 9.33. The van der Waals surface area contributed by atoms with Gasteiger partial charge < -0.3 is 10.2 Å². The zero-order chi connectivity index (χ0) is 9.42. The fourth-order valence-electron chi connectivity index (χ4n) is 1.23. The van der Waals surface area contributed by atoms with E-state index in [0.717, 1.165) is 15.6 Å². The second kappa shape index (κ2) is 3.33. The number of benzene rings is 1. The van der Waals surface area contributed by atoms with Crippen LogP contribution in [0.2, 0.25) is 5.02 Å². The summed E-state index contributed by atoms with van der Waals surface area (Å²) in [6, 6.07) is 5.64. The van der Waals surface area contributed by atoms with Crippen molar-refractivity contribution in [2.45, 2.75) is 6.54 Å². The molecule has 0 saturated carbocycles. The minimum Gasteiger partial charge on any atom is -0.458 e. The summed E-state index contributed by atoms with van der Waals surface area (Å²) < 4.78 is 6.36. The van der Waals surface area contributed by atoms with Crippen molar-refractivity contribution in [1.29, 1.82) is 0 Å². The van der Waals surface area contributed by atoms with E-state index in [1.807, 2.05) is 12.1 Å². The van der Waals surface area contributed by atoms with Gasteiger partial charge in [0.1, 0.15) is 5.76 Å². The number of hydrogen-bond acceptors (Lipinski definition) is 2. The fraction of sp³-hybridized carbons (Fsp3) is 0.111. The molecule has 0 unspecified atom stereocenters. The molecule has 0 amide bonds. The smallest absolute Gasteiger partial charge is 0.153 e. The molecule has 0 atom stereocenters. The highest BCUT2D eigenvalue weighted by atomic mass is 79.9. The number of fused-ring (bicyclic) bond motifs is 1. The van der Waals surface area contributed by atoms with Crippen molar-refractivity contribution in [2.24, 2.45) is 5.73 Å². The van der Waals surface area contributed by atoms with Crippen molar-refractivity contribution in [3.63, 3.8) is 0 Å². The van der Waals surface area contributed by atoms with Crippen molar-refractivity contribution in [2.75, 3.05) is 0 Å². The van der Waals surface area contributed by atoms with Gasteiger partial charge in [-0.25, -0.2) is 0 Å². The number of halogens is 2. The molecule has 0 radical (unpaired) electrons. The SMILES string of the molecule is NCc1cc2cc(Br)cc(Cl)c2o1. The third kappa shape index (κ3) is 1.59. The lowest BCUT2D eigenvalue weighted by molar-refractivity contribution is 0.552. The molecule has 1 heterocycles. The number of hydrogen-bond donors (Lipinski definition) is 1. The topological polar surface area (TPSA) is 39.2 Å². The van der Waals surface area contributed by atoms with Crippen LogP contribution < -0.4 is 5.73 Å². The van der Waals surface area contributed by atoms with Gasteiger partial charge in [-0.05, 0) is 18.2 Å². The van der Waals surface area contributed by atoms with E-state index < -0.39 is 0 Å². The zero-order valence-corrected chi connectivity index (χ0v) is 9.02. The summed E-state index contributed by atoms with van der Waals surface area (Å²) in [6.45, 7) is 0.391. The molecule has 0 aliphatic rings. The molecule has 0 bridgehead atoms. The van der Waals surface area contributed by atoms with Crippen LogP contribution in [-0.2, 0) is 6.54 Å². The maximum absolute atomic E-state index is 5.97. The molecule has 0 aliphatic heterocycles. The summed E-state index contributed by atoms with van der Waals surface area (Å²) in [4.78, 5) is 0. The summed E-state index contributed by atoms with van der Waals surface area (Å²) in [7, 11) is 0. The highest BCUT2D eigenvalue weighted by Crippen LogP contribution is 2.30. The molecule has 68 valence electrons. The Kier molecular flexibility index (Phi) is 2.32. The Balaban J connectivity index is 2.75. The van der Waals surface area contributed by atoms with Crippen LogP contribution in [-0.4, -0.2) is 0 Å². The van der Waals surface area contributed by atoms with E-state index in [2.05, 4.69) is 15.9 Å². The molecular formula is C9H7BrClNO. The van der Waals surface area contributed by atoms with Gasteiger partial charge in [-0.2, -0.15) is 0 Å². The first kappa shape index (κ1) is 9.06. The molecule has 2 nitrogen and oxygen atoms in total. The van der Waals surface area contributed by atoms with Crippen LogP contribution in [0.3, 0.4) is 0 Å². The summed E-state index contributed by atoms with van der Waals surface area (Å²) in [5.41, 5.74) is 6.15. The van der Waals surface area contributed by atoms with E-state index in [-0.39, 0.29) is 0 Å². The van der Waals surface area contributed by atoms with Crippen LogP contribution in [0.5, 0.6) is 0 Å². The van der Waals surface area contributed by atoms with Crippen LogP contribution in [0.25, 0.3) is 11.0 Å². The van der Waals surface area contributed by atoms with Crippen molar-refractivity contribution < 1.29 is 4.42 Å². The van der Waals surface area contributed by atoms with Gasteiger partial charge in [0.2, 0.25) is 0 Å². The number of nitrogens with two attached hydrogens (primary N) is 1. The Bertz CT molecular complexity index is 452. The van der Waals surface area contributed by atoms with Gasteiger partial charge in [-0.3, -0.25) is 0 Å². The monoisotopic (exact) mass is 259 g/mol. The van der Waals surface area contributed by atoms with Crippen molar-refractivity contribution >= 4 is 38.5 Å². The molecule has 1 aromatic carbocycles. The zero-order valence-electron chi connectivity index (χ0n) is 6.68. The highest BCUT2D eigenvalue weighted by molar-refractivity contribution is 9.10. The lowest BCUT2D eigenvalue weighted by Crippen LogP contribution is -1.92. The van der Waals surface area contributed by atoms with Crippen LogP contribution >= 0.6 is 27.5 Å². The standard InChI is InChI=1S/C9H7BrClNO/c10-6-1-5-2-7(4-12)13-9(5)8(11)3-6/h1-3H,4,12H2. The summed E-state index contributed by atoms with van der Waals surface area (Å²) in [6.07, 6.45) is 0. The molecular weight excluding hydrogens is 253 g/mol. The van der Waals surface area contributed by atoms with Gasteiger partial charge in [0.25, 0.3) is 0 Å². The van der Waals surface area contributed by atoms with Gasteiger partial charge in [-0.15, -0.1) is 0 Å². The largest absolute Gasteiger partial charge is 0.458 e. The van der Waals surface area contributed by atoms with Crippen LogP contribution in [0.4, 0.5) is 0 Å². The van der Waals surface area contributed by atoms with Gasteiger partial charge in [0, 0.05) is 9.86 Å². The molecule has 2 aromatic rings. The van der Waals surface area contributed by atoms with Gasteiger partial charge >= 0.3 is 0 Å². The maximum Gasteiger partial charge on any atom is 0.153 e. The average molecular weight is 261 g/mol. The highest BCUT2D eigenvalue weighted by Gasteiger charge is 2.07. The minimum absolute atomic E-state index is 0.391. The molecule has 2 rings (SSSR count). The van der Waals surface area contributed by atoms with Crippen LogP contribution in [0, 0.1) is 0 Å². The number of rotatable bonds is 1. The van der Waals surface area contributed by atoms with E-state index in [1.54, 1.807) is 6.07 Å². The Morgan fingerprint density at radius 2 is 2.15 bits per heavy atom. The van der Waals surface area contributed by atoms with Gasteiger partial charge in [0.15, 0.2) is 5.58 Å². The first-order chi connectivity index (χ1) is 6.20. The third-order valence-corrected chi connectivity index (χ3v) is 2.53. The van der Waals surface area contributed by atoms with Gasteiger partial charge in [-0.1, -0.05) is 27.5 Å². The van der Waals surface area contributed by atoms with E-state index in [0.29, 0.717) is 17.2 Å². The Morgan fingerprint density at radius 3 is 2.85 bits per heavy atom. The van der Waals surface area contributed by atoms with Gasteiger partial charge in [0.05, 0.1) is 11.6 Å². The summed E-state index contributed by atoms with van der Waals surface area (Å²) in [5.74, 6) is 0.745. The summed E-state index contributed by atoms with van der Waals surface area (Å²) in [5, 5.41) is 1.57. The minimum atomic E-state index is 0.391. The van der Waals surface area contributed by atoms with Crippen molar-refractivity contribution in [3.8, 4) is 0 Å². The number of furan rings is 1. The Morgan fingerprint density at radius 1 is 1.38 bits per heavy atom. The van der Waals surface area contributed by atoms with Crippen LogP contribution in [0.15, 0.2) is 27.1 Å². The Labute approximate surface area is 88.8 Å². The molecule has 0 spiro atoms. The molecule has 0 saturated heterocycles. The molecule has 13 heavy (non-hydrogen) atoms. The van der Waals surface area contributed by atoms with Crippen molar-refractivity contribution in [3.05, 3.63) is 33.5 Å². The average Bonchev–Trinajstić information content (AvgIpc) is 2.47. The van der Waals surface area contributed by atoms with E-state index in [4.69, 9.17) is 21.8 Å². The normalized spacial score (nSPS) is 11.0. The predicted octanol–water partition coefficient (Wildman–Crippen LogP) is 3.31.